The molecule has 0 aromatic heterocycles. The van der Waals surface area contributed by atoms with E-state index in [2.05, 4.69) is 119 Å². The highest BCUT2D eigenvalue weighted by molar-refractivity contribution is 5.72. The van der Waals surface area contributed by atoms with Crippen LogP contribution in [0.25, 0.3) is 0 Å². The molecule has 0 unspecified atom stereocenters. The van der Waals surface area contributed by atoms with Crippen molar-refractivity contribution in [3.8, 4) is 0 Å². The first kappa shape index (κ1) is 29.6. The van der Waals surface area contributed by atoms with Crippen LogP contribution >= 0.6 is 0 Å². The Morgan fingerprint density at radius 1 is 0.789 bits per heavy atom. The number of carbonyl (C=O) groups excluding carboxylic acids is 1. The highest BCUT2D eigenvalue weighted by Gasteiger charge is 2.31. The molecule has 1 amide bonds. The molecule has 0 saturated heterocycles. The van der Waals surface area contributed by atoms with E-state index in [0.29, 0.717) is 30.2 Å². The number of amides is 1. The molecule has 0 fully saturated rings. The van der Waals surface area contributed by atoms with Gasteiger partial charge in [-0.3, -0.25) is 10.0 Å². The Hall–Kier alpha value is -2.99. The molecule has 6 nitrogen and oxygen atoms in total. The van der Waals surface area contributed by atoms with Crippen LogP contribution in [-0.2, 0) is 4.74 Å². The fourth-order valence-electron chi connectivity index (χ4n) is 4.88. The summed E-state index contributed by atoms with van der Waals surface area (Å²) in [5.41, 5.74) is 11.5. The molecule has 3 rings (SSSR count). The van der Waals surface area contributed by atoms with E-state index in [9.17, 15) is 4.79 Å². The third-order valence-corrected chi connectivity index (χ3v) is 6.74. The van der Waals surface area contributed by atoms with Crippen molar-refractivity contribution in [2.24, 2.45) is 0 Å². The number of hydrogen-bond acceptors (Lipinski definition) is 5. The van der Waals surface area contributed by atoms with Crippen molar-refractivity contribution in [3.05, 3.63) is 70.5 Å². The lowest BCUT2D eigenvalue weighted by atomic mass is 9.92. The van der Waals surface area contributed by atoms with E-state index >= 15 is 0 Å². The molecule has 0 aliphatic carbocycles. The summed E-state index contributed by atoms with van der Waals surface area (Å²) in [6, 6.07) is 13.1. The fraction of sp³-hybridized carbons (Fsp3) is 0.531. The average Bonchev–Trinajstić information content (AvgIpc) is 3.24. The number of rotatable bonds is 8. The second-order valence-electron chi connectivity index (χ2n) is 12.5. The van der Waals surface area contributed by atoms with Gasteiger partial charge in [-0.2, -0.15) is 0 Å². The van der Waals surface area contributed by atoms with Gasteiger partial charge in [0.2, 0.25) is 0 Å². The van der Waals surface area contributed by atoms with Crippen LogP contribution in [0.1, 0.15) is 122 Å². The summed E-state index contributed by atoms with van der Waals surface area (Å²) in [5.74, 6) is 1.36. The van der Waals surface area contributed by atoms with E-state index in [0.717, 1.165) is 11.4 Å². The lowest BCUT2D eigenvalue weighted by Gasteiger charge is -2.33. The molecule has 1 aliphatic rings. The van der Waals surface area contributed by atoms with Crippen molar-refractivity contribution in [2.75, 3.05) is 16.6 Å². The highest BCUT2D eigenvalue weighted by Crippen LogP contribution is 2.41. The average molecular weight is 521 g/mol. The molecular formula is C32H48N4O2. The van der Waals surface area contributed by atoms with E-state index in [-0.39, 0.29) is 0 Å². The first-order chi connectivity index (χ1) is 17.7. The maximum Gasteiger partial charge on any atom is 0.407 e. The summed E-state index contributed by atoms with van der Waals surface area (Å²) in [4.78, 5) is 12.6. The van der Waals surface area contributed by atoms with Gasteiger partial charge in [0.1, 0.15) is 5.60 Å². The molecule has 2 N–H and O–H groups in total. The third kappa shape index (κ3) is 6.71. The molecule has 0 atom stereocenters. The SMILES string of the molecule is CC(C)c1cccc(C(C)C)c1N1C=C(CNC(=O)OC(C)(C)C)N(c2c(C(C)C)cccc2C(C)C)N1. The third-order valence-electron chi connectivity index (χ3n) is 6.74. The zero-order valence-corrected chi connectivity index (χ0v) is 25.3. The summed E-state index contributed by atoms with van der Waals surface area (Å²) < 4.78 is 5.55. The van der Waals surface area contributed by atoms with Gasteiger partial charge in [-0.15, -0.1) is 5.53 Å². The molecule has 0 saturated carbocycles. The van der Waals surface area contributed by atoms with Gasteiger partial charge < -0.3 is 10.1 Å². The van der Waals surface area contributed by atoms with Gasteiger partial charge in [-0.25, -0.2) is 4.79 Å². The Bertz CT molecular complexity index is 1110. The summed E-state index contributed by atoms with van der Waals surface area (Å²) in [5, 5.41) is 7.28. The van der Waals surface area contributed by atoms with E-state index < -0.39 is 11.7 Å². The number of nitrogens with zero attached hydrogens (tertiary/aromatic N) is 2. The van der Waals surface area contributed by atoms with Gasteiger partial charge in [0, 0.05) is 6.20 Å². The number of alkyl carbamates (subject to hydrolysis) is 1. The Labute approximate surface area is 230 Å². The maximum atomic E-state index is 12.6. The molecule has 208 valence electrons. The van der Waals surface area contributed by atoms with Crippen molar-refractivity contribution in [3.63, 3.8) is 0 Å². The van der Waals surface area contributed by atoms with E-state index in [4.69, 9.17) is 4.74 Å². The van der Waals surface area contributed by atoms with Gasteiger partial charge in [-0.1, -0.05) is 91.8 Å². The van der Waals surface area contributed by atoms with E-state index in [1.54, 1.807) is 0 Å². The lowest BCUT2D eigenvalue weighted by molar-refractivity contribution is 0.0532. The summed E-state index contributed by atoms with van der Waals surface area (Å²) in [6.07, 6.45) is 1.69. The molecule has 0 radical (unpaired) electrons. The Morgan fingerprint density at radius 2 is 1.21 bits per heavy atom. The number of ether oxygens (including phenoxy) is 1. The van der Waals surface area contributed by atoms with Crippen LogP contribution in [0.2, 0.25) is 0 Å². The Kier molecular flexibility index (Phi) is 9.19. The number of carbonyl (C=O) groups is 1. The van der Waals surface area contributed by atoms with Crippen LogP contribution in [0.15, 0.2) is 48.3 Å². The molecule has 0 spiro atoms. The van der Waals surface area contributed by atoms with Gasteiger partial charge in [-0.05, 0) is 66.7 Å². The molecule has 1 aliphatic heterocycles. The second kappa shape index (κ2) is 11.8. The van der Waals surface area contributed by atoms with Crippen LogP contribution in [0.4, 0.5) is 16.2 Å². The van der Waals surface area contributed by atoms with Gasteiger partial charge in [0.25, 0.3) is 0 Å². The molecule has 0 bridgehead atoms. The molecule has 38 heavy (non-hydrogen) atoms. The number of para-hydroxylation sites is 2. The van der Waals surface area contributed by atoms with Gasteiger partial charge in [0.05, 0.1) is 23.6 Å². The minimum Gasteiger partial charge on any atom is -0.444 e. The molecule has 2 aromatic carbocycles. The minimum absolute atomic E-state index is 0.323. The van der Waals surface area contributed by atoms with Crippen LogP contribution in [0, 0.1) is 0 Å². The van der Waals surface area contributed by atoms with Crippen molar-refractivity contribution in [1.29, 1.82) is 0 Å². The zero-order chi connectivity index (χ0) is 28.4. The minimum atomic E-state index is -0.560. The van der Waals surface area contributed by atoms with Crippen molar-refractivity contribution < 1.29 is 9.53 Å². The standard InChI is InChI=1S/C32H48N4O2/c1-20(2)25-14-12-15-26(21(3)4)29(25)35-19-24(18-33-31(37)38-32(9,10)11)36(34-35)30-27(22(5)6)16-13-17-28(30)23(7)8/h12-17,19-23,34H,18H2,1-11H3,(H,33,37). The zero-order valence-electron chi connectivity index (χ0n) is 25.3. The topological polar surface area (TPSA) is 56.8 Å². The Morgan fingerprint density at radius 3 is 1.61 bits per heavy atom. The smallest absolute Gasteiger partial charge is 0.407 e. The summed E-state index contributed by atoms with van der Waals surface area (Å²) >= 11 is 0. The monoisotopic (exact) mass is 520 g/mol. The van der Waals surface area contributed by atoms with Crippen molar-refractivity contribution >= 4 is 17.5 Å². The van der Waals surface area contributed by atoms with Crippen molar-refractivity contribution in [2.45, 2.75) is 105 Å². The maximum absolute atomic E-state index is 12.6. The quantitative estimate of drug-likeness (QED) is 0.367. The highest BCUT2D eigenvalue weighted by atomic mass is 16.6. The fourth-order valence-corrected chi connectivity index (χ4v) is 4.88. The molecule has 6 heteroatoms. The summed E-state index contributed by atoms with van der Waals surface area (Å²) in [6.45, 7) is 23.8. The predicted octanol–water partition coefficient (Wildman–Crippen LogP) is 8.29. The predicted molar refractivity (Wildman–Crippen MR) is 160 cm³/mol. The normalized spacial score (nSPS) is 14.2. The largest absolute Gasteiger partial charge is 0.444 e. The van der Waals surface area contributed by atoms with Gasteiger partial charge >= 0.3 is 6.09 Å². The molecule has 2 aromatic rings. The van der Waals surface area contributed by atoms with Crippen LogP contribution in [-0.4, -0.2) is 18.2 Å². The number of nitrogens with one attached hydrogen (secondary N) is 2. The first-order valence-corrected chi connectivity index (χ1v) is 14.0. The van der Waals surface area contributed by atoms with Crippen LogP contribution in [0.3, 0.4) is 0 Å². The summed E-state index contributed by atoms with van der Waals surface area (Å²) in [7, 11) is 0. The first-order valence-electron chi connectivity index (χ1n) is 14.0. The lowest BCUT2D eigenvalue weighted by Crippen LogP contribution is -2.44. The van der Waals surface area contributed by atoms with Crippen LogP contribution in [0.5, 0.6) is 0 Å². The number of anilines is 2. The second-order valence-corrected chi connectivity index (χ2v) is 12.5. The number of hydrazine groups is 2. The van der Waals surface area contributed by atoms with Crippen LogP contribution < -0.4 is 20.9 Å². The molecule has 1 heterocycles. The van der Waals surface area contributed by atoms with E-state index in [1.165, 1.54) is 27.9 Å². The van der Waals surface area contributed by atoms with Gasteiger partial charge in [0.15, 0.2) is 0 Å². The Balaban J connectivity index is 2.15. The molecular weight excluding hydrogens is 472 g/mol. The van der Waals surface area contributed by atoms with E-state index in [1.807, 2.05) is 20.8 Å². The van der Waals surface area contributed by atoms with Crippen molar-refractivity contribution in [1.82, 2.24) is 10.9 Å². The number of hydrogen-bond donors (Lipinski definition) is 2. The number of benzene rings is 2.